The fourth-order valence-electron chi connectivity index (χ4n) is 2.45. The fraction of sp³-hybridized carbons (Fsp3) is 0.533. The third-order valence-electron chi connectivity index (χ3n) is 3.82. The minimum Gasteiger partial charge on any atom is -0.484 e. The molecule has 1 saturated heterocycles. The molecule has 140 valence electrons. The number of carbonyl (C=O) groups excluding carboxylic acids is 1. The van der Waals surface area contributed by atoms with Crippen molar-refractivity contribution in [1.82, 2.24) is 9.21 Å². The van der Waals surface area contributed by atoms with Crippen molar-refractivity contribution in [1.29, 1.82) is 0 Å². The number of benzene rings is 1. The van der Waals surface area contributed by atoms with Crippen LogP contribution in [0.5, 0.6) is 5.75 Å². The Kier molecular flexibility index (Phi) is 5.94. The van der Waals surface area contributed by atoms with E-state index in [1.165, 1.54) is 9.21 Å². The molecule has 0 bridgehead atoms. The highest BCUT2D eigenvalue weighted by molar-refractivity contribution is 7.88. The van der Waals surface area contributed by atoms with Gasteiger partial charge < -0.3 is 9.64 Å². The Hall–Kier alpha value is -1.81. The minimum absolute atomic E-state index is 0.161. The average Bonchev–Trinajstić information content (AvgIpc) is 2.78. The van der Waals surface area contributed by atoms with Crippen LogP contribution in [0.2, 0.25) is 0 Å². The van der Waals surface area contributed by atoms with E-state index in [9.17, 15) is 26.4 Å². The quantitative estimate of drug-likeness (QED) is 0.796. The van der Waals surface area contributed by atoms with Crippen LogP contribution < -0.4 is 4.74 Å². The molecule has 1 aromatic carbocycles. The smallest absolute Gasteiger partial charge is 0.416 e. The lowest BCUT2D eigenvalue weighted by molar-refractivity contribution is -0.137. The maximum atomic E-state index is 12.5. The molecular weight excluding hydrogens is 361 g/mol. The van der Waals surface area contributed by atoms with Crippen molar-refractivity contribution < 1.29 is 31.1 Å². The van der Waals surface area contributed by atoms with Crippen molar-refractivity contribution in [3.05, 3.63) is 29.8 Å². The Balaban J connectivity index is 1.88. The third-order valence-corrected chi connectivity index (χ3v) is 5.12. The predicted molar refractivity (Wildman–Crippen MR) is 84.6 cm³/mol. The Bertz CT molecular complexity index is 704. The van der Waals surface area contributed by atoms with Gasteiger partial charge in [0.1, 0.15) is 5.75 Å². The van der Waals surface area contributed by atoms with Crippen molar-refractivity contribution in [2.75, 3.05) is 39.0 Å². The van der Waals surface area contributed by atoms with Crippen LogP contribution in [-0.2, 0) is 21.0 Å². The number of hydrogen-bond donors (Lipinski definition) is 0. The summed E-state index contributed by atoms with van der Waals surface area (Å²) in [7, 11) is -3.30. The van der Waals surface area contributed by atoms with E-state index < -0.39 is 21.8 Å². The number of rotatable bonds is 4. The van der Waals surface area contributed by atoms with Gasteiger partial charge in [0.15, 0.2) is 6.61 Å². The summed E-state index contributed by atoms with van der Waals surface area (Å²) in [5, 5.41) is 0. The molecule has 6 nitrogen and oxygen atoms in total. The van der Waals surface area contributed by atoms with Crippen LogP contribution >= 0.6 is 0 Å². The molecule has 2 rings (SSSR count). The Morgan fingerprint density at radius 3 is 2.32 bits per heavy atom. The van der Waals surface area contributed by atoms with Crippen LogP contribution in [0.25, 0.3) is 0 Å². The highest BCUT2D eigenvalue weighted by Crippen LogP contribution is 2.30. The van der Waals surface area contributed by atoms with E-state index in [0.29, 0.717) is 19.5 Å². The molecule has 0 spiro atoms. The van der Waals surface area contributed by atoms with Gasteiger partial charge in [-0.25, -0.2) is 12.7 Å². The van der Waals surface area contributed by atoms with Crippen LogP contribution in [0, 0.1) is 0 Å². The van der Waals surface area contributed by atoms with E-state index >= 15 is 0 Å². The second-order valence-electron chi connectivity index (χ2n) is 5.71. The first-order valence-corrected chi connectivity index (χ1v) is 9.45. The lowest BCUT2D eigenvalue weighted by Crippen LogP contribution is -2.39. The number of halogens is 3. The number of carbonyl (C=O) groups is 1. The SMILES string of the molecule is CS(=O)(=O)N1CCCN(C(=O)COc2ccc(C(F)(F)F)cc2)CC1. The summed E-state index contributed by atoms with van der Waals surface area (Å²) in [6.07, 6.45) is -2.79. The number of sulfonamides is 1. The molecule has 1 fully saturated rings. The molecule has 1 amide bonds. The topological polar surface area (TPSA) is 66.9 Å². The van der Waals surface area contributed by atoms with Crippen LogP contribution in [0.1, 0.15) is 12.0 Å². The second-order valence-corrected chi connectivity index (χ2v) is 7.69. The normalized spacial score (nSPS) is 17.2. The van der Waals surface area contributed by atoms with Crippen molar-refractivity contribution in [2.45, 2.75) is 12.6 Å². The van der Waals surface area contributed by atoms with Gasteiger partial charge in [0.2, 0.25) is 10.0 Å². The van der Waals surface area contributed by atoms with Gasteiger partial charge in [0, 0.05) is 26.2 Å². The van der Waals surface area contributed by atoms with Crippen LogP contribution in [0.15, 0.2) is 24.3 Å². The van der Waals surface area contributed by atoms with Gasteiger partial charge >= 0.3 is 6.18 Å². The molecule has 1 aromatic rings. The van der Waals surface area contributed by atoms with Crippen molar-refractivity contribution in [3.8, 4) is 5.75 Å². The Morgan fingerprint density at radius 2 is 1.76 bits per heavy atom. The molecule has 0 aliphatic carbocycles. The fourth-order valence-corrected chi connectivity index (χ4v) is 3.33. The zero-order valence-corrected chi connectivity index (χ0v) is 14.4. The number of hydrogen-bond acceptors (Lipinski definition) is 4. The van der Waals surface area contributed by atoms with Gasteiger partial charge in [-0.1, -0.05) is 0 Å². The molecule has 0 atom stereocenters. The molecular formula is C15H19F3N2O4S. The van der Waals surface area contributed by atoms with Gasteiger partial charge in [0.25, 0.3) is 5.91 Å². The molecule has 1 heterocycles. The van der Waals surface area contributed by atoms with E-state index in [1.54, 1.807) is 0 Å². The van der Waals surface area contributed by atoms with Gasteiger partial charge in [-0.3, -0.25) is 4.79 Å². The molecule has 10 heteroatoms. The molecule has 0 aromatic heterocycles. The van der Waals surface area contributed by atoms with E-state index in [0.717, 1.165) is 30.5 Å². The summed E-state index contributed by atoms with van der Waals surface area (Å²) in [4.78, 5) is 13.7. The van der Waals surface area contributed by atoms with Crippen LogP contribution in [0.3, 0.4) is 0 Å². The first kappa shape index (κ1) is 19.5. The van der Waals surface area contributed by atoms with Crippen molar-refractivity contribution in [3.63, 3.8) is 0 Å². The lowest BCUT2D eigenvalue weighted by atomic mass is 10.2. The number of ether oxygens (including phenoxy) is 1. The van der Waals surface area contributed by atoms with Crippen LogP contribution in [-0.4, -0.2) is 62.6 Å². The average molecular weight is 380 g/mol. The standard InChI is InChI=1S/C15H19F3N2O4S/c1-25(22,23)20-8-2-7-19(9-10-20)14(21)11-24-13-5-3-12(4-6-13)15(16,17)18/h3-6H,2,7-11H2,1H3. The highest BCUT2D eigenvalue weighted by atomic mass is 32.2. The largest absolute Gasteiger partial charge is 0.484 e. The van der Waals surface area contributed by atoms with E-state index in [-0.39, 0.29) is 31.4 Å². The predicted octanol–water partition coefficient (Wildman–Crippen LogP) is 1.58. The number of alkyl halides is 3. The zero-order valence-electron chi connectivity index (χ0n) is 13.6. The summed E-state index contributed by atoms with van der Waals surface area (Å²) in [5.41, 5.74) is -0.792. The first-order chi connectivity index (χ1) is 11.6. The maximum absolute atomic E-state index is 12.5. The number of amides is 1. The number of nitrogens with zero attached hydrogens (tertiary/aromatic N) is 2. The molecule has 0 N–H and O–H groups in total. The zero-order chi connectivity index (χ0) is 18.7. The minimum atomic E-state index is -4.42. The van der Waals surface area contributed by atoms with Gasteiger partial charge in [-0.05, 0) is 30.7 Å². The van der Waals surface area contributed by atoms with Crippen molar-refractivity contribution >= 4 is 15.9 Å². The summed E-state index contributed by atoms with van der Waals surface area (Å²) in [5.74, 6) is -0.177. The first-order valence-electron chi connectivity index (χ1n) is 7.60. The molecule has 1 aliphatic heterocycles. The summed E-state index contributed by atoms with van der Waals surface area (Å²) in [6.45, 7) is 0.904. The monoisotopic (exact) mass is 380 g/mol. The van der Waals surface area contributed by atoms with Gasteiger partial charge in [-0.2, -0.15) is 13.2 Å². The third kappa shape index (κ3) is 5.60. The van der Waals surface area contributed by atoms with E-state index in [4.69, 9.17) is 4.74 Å². The summed E-state index contributed by atoms with van der Waals surface area (Å²) < 4.78 is 67.1. The molecule has 0 radical (unpaired) electrons. The molecule has 25 heavy (non-hydrogen) atoms. The summed E-state index contributed by atoms with van der Waals surface area (Å²) >= 11 is 0. The second kappa shape index (κ2) is 7.61. The van der Waals surface area contributed by atoms with E-state index in [2.05, 4.69) is 0 Å². The van der Waals surface area contributed by atoms with Crippen LogP contribution in [0.4, 0.5) is 13.2 Å². The summed E-state index contributed by atoms with van der Waals surface area (Å²) in [6, 6.07) is 4.08. The Labute approximate surface area is 144 Å². The highest BCUT2D eigenvalue weighted by Gasteiger charge is 2.30. The molecule has 1 aliphatic rings. The van der Waals surface area contributed by atoms with Gasteiger partial charge in [-0.15, -0.1) is 0 Å². The van der Waals surface area contributed by atoms with Crippen molar-refractivity contribution in [2.24, 2.45) is 0 Å². The molecule has 0 unspecified atom stereocenters. The molecule has 0 saturated carbocycles. The Morgan fingerprint density at radius 1 is 1.12 bits per heavy atom. The van der Waals surface area contributed by atoms with Gasteiger partial charge in [0.05, 0.1) is 11.8 Å². The van der Waals surface area contributed by atoms with E-state index in [1.807, 2.05) is 0 Å². The lowest BCUT2D eigenvalue weighted by Gasteiger charge is -2.21. The maximum Gasteiger partial charge on any atom is 0.416 e.